The Hall–Kier alpha value is 0.0500. The van der Waals surface area contributed by atoms with E-state index in [1.807, 2.05) is 0 Å². The quantitative estimate of drug-likeness (QED) is 0.437. The molecule has 1 heterocycles. The van der Waals surface area contributed by atoms with Gasteiger partial charge in [0, 0.05) is 6.54 Å². The van der Waals surface area contributed by atoms with Gasteiger partial charge in [-0.1, -0.05) is 11.9 Å². The molecule has 0 spiro atoms. The van der Waals surface area contributed by atoms with Crippen LogP contribution in [0.3, 0.4) is 0 Å². The van der Waals surface area contributed by atoms with E-state index < -0.39 is 0 Å². The van der Waals surface area contributed by atoms with Gasteiger partial charge in [0.05, 0.1) is 0 Å². The monoisotopic (exact) mass is 114 g/mol. The van der Waals surface area contributed by atoms with Gasteiger partial charge in [-0.3, -0.25) is 0 Å². The van der Waals surface area contributed by atoms with Crippen LogP contribution >= 0.6 is 11.9 Å². The second kappa shape index (κ2) is 1.88. The van der Waals surface area contributed by atoms with Gasteiger partial charge in [-0.05, 0) is 25.0 Å². The van der Waals surface area contributed by atoms with E-state index in [1.54, 1.807) is 11.9 Å². The van der Waals surface area contributed by atoms with E-state index >= 15 is 0 Å². The van der Waals surface area contributed by atoms with Crippen LogP contribution in [0, 0.1) is 6.92 Å². The summed E-state index contributed by atoms with van der Waals surface area (Å²) >= 11 is 1.71. The van der Waals surface area contributed by atoms with E-state index in [1.165, 1.54) is 5.57 Å². The molecular formula is C5H8NS. The van der Waals surface area contributed by atoms with E-state index in [0.29, 0.717) is 0 Å². The SMILES string of the molecule is [CH2]C1=CSN(C)C1. The highest BCUT2D eigenvalue weighted by Gasteiger charge is 2.04. The first-order valence-electron chi connectivity index (χ1n) is 2.18. The zero-order valence-electron chi connectivity index (χ0n) is 4.35. The fraction of sp³-hybridized carbons (Fsp3) is 0.400. The van der Waals surface area contributed by atoms with Gasteiger partial charge in [-0.2, -0.15) is 0 Å². The molecule has 0 aromatic heterocycles. The lowest BCUT2D eigenvalue weighted by atomic mass is 10.4. The van der Waals surface area contributed by atoms with E-state index in [2.05, 4.69) is 23.7 Å². The molecule has 0 unspecified atom stereocenters. The number of hydrogen-bond donors (Lipinski definition) is 0. The third-order valence-corrected chi connectivity index (χ3v) is 1.75. The zero-order valence-corrected chi connectivity index (χ0v) is 5.16. The van der Waals surface area contributed by atoms with Crippen LogP contribution in [0.1, 0.15) is 0 Å². The van der Waals surface area contributed by atoms with Gasteiger partial charge in [-0.15, -0.1) is 0 Å². The van der Waals surface area contributed by atoms with Crippen LogP contribution in [0.15, 0.2) is 11.0 Å². The summed E-state index contributed by atoms with van der Waals surface area (Å²) in [5.74, 6) is 0. The minimum absolute atomic E-state index is 1.02. The molecule has 1 aliphatic heterocycles. The van der Waals surface area contributed by atoms with E-state index in [0.717, 1.165) is 6.54 Å². The second-order valence-corrected chi connectivity index (χ2v) is 2.74. The topological polar surface area (TPSA) is 3.24 Å². The Balaban J connectivity index is 2.42. The lowest BCUT2D eigenvalue weighted by molar-refractivity contribution is 0.639. The molecule has 1 nitrogen and oxygen atoms in total. The standard InChI is InChI=1S/C5H8NS/c1-5-3-6(2)7-4-5/h4H,1,3H2,2H3. The third-order valence-electron chi connectivity index (χ3n) is 0.825. The summed E-state index contributed by atoms with van der Waals surface area (Å²) in [6.07, 6.45) is 0. The van der Waals surface area contributed by atoms with Crippen molar-refractivity contribution < 1.29 is 0 Å². The Kier molecular flexibility index (Phi) is 1.40. The van der Waals surface area contributed by atoms with Crippen molar-refractivity contribution >= 4 is 11.9 Å². The van der Waals surface area contributed by atoms with Crippen molar-refractivity contribution in [3.63, 3.8) is 0 Å². The highest BCUT2D eigenvalue weighted by Crippen LogP contribution is 2.19. The first-order chi connectivity index (χ1) is 3.29. The highest BCUT2D eigenvalue weighted by atomic mass is 32.2. The van der Waals surface area contributed by atoms with Crippen LogP contribution in [0.25, 0.3) is 0 Å². The molecule has 0 atom stereocenters. The maximum absolute atomic E-state index is 3.79. The summed E-state index contributed by atoms with van der Waals surface area (Å²) in [6.45, 7) is 4.81. The Morgan fingerprint density at radius 2 is 2.71 bits per heavy atom. The lowest BCUT2D eigenvalue weighted by Crippen LogP contribution is -2.04. The maximum Gasteiger partial charge on any atom is 0.0308 e. The Morgan fingerprint density at radius 1 is 2.00 bits per heavy atom. The molecular weight excluding hydrogens is 106 g/mol. The Morgan fingerprint density at radius 3 is 2.86 bits per heavy atom. The molecule has 7 heavy (non-hydrogen) atoms. The summed E-state index contributed by atoms with van der Waals surface area (Å²) in [7, 11) is 2.05. The van der Waals surface area contributed by atoms with E-state index in [4.69, 9.17) is 0 Å². The highest BCUT2D eigenvalue weighted by molar-refractivity contribution is 8.00. The van der Waals surface area contributed by atoms with Gasteiger partial charge >= 0.3 is 0 Å². The first-order valence-corrected chi connectivity index (χ1v) is 3.01. The smallest absolute Gasteiger partial charge is 0.0308 e. The Labute approximate surface area is 48.5 Å². The largest absolute Gasteiger partial charge is 0.246 e. The van der Waals surface area contributed by atoms with Crippen LogP contribution in [-0.2, 0) is 0 Å². The minimum Gasteiger partial charge on any atom is -0.246 e. The summed E-state index contributed by atoms with van der Waals surface area (Å²) < 4.78 is 2.14. The van der Waals surface area contributed by atoms with Gasteiger partial charge in [0.25, 0.3) is 0 Å². The van der Waals surface area contributed by atoms with Crippen molar-refractivity contribution in [3.05, 3.63) is 17.9 Å². The third kappa shape index (κ3) is 1.21. The van der Waals surface area contributed by atoms with Crippen molar-refractivity contribution in [2.45, 2.75) is 0 Å². The summed E-state index contributed by atoms with van der Waals surface area (Å²) in [5, 5.41) is 2.07. The van der Waals surface area contributed by atoms with Crippen molar-refractivity contribution in [2.75, 3.05) is 13.6 Å². The molecule has 1 rings (SSSR count). The lowest BCUT2D eigenvalue weighted by Gasteiger charge is -2.01. The normalized spacial score (nSPS) is 22.9. The molecule has 0 saturated heterocycles. The zero-order chi connectivity index (χ0) is 5.28. The fourth-order valence-corrected chi connectivity index (χ4v) is 1.17. The van der Waals surface area contributed by atoms with Crippen molar-refractivity contribution in [1.82, 2.24) is 4.31 Å². The molecule has 0 aromatic carbocycles. The van der Waals surface area contributed by atoms with Gasteiger partial charge < -0.3 is 0 Å². The average molecular weight is 114 g/mol. The Bertz CT molecular complexity index is 98.3. The molecule has 1 radical (unpaired) electrons. The van der Waals surface area contributed by atoms with Gasteiger partial charge in [-0.25, -0.2) is 4.31 Å². The average Bonchev–Trinajstić information content (AvgIpc) is 1.87. The number of hydrogen-bond acceptors (Lipinski definition) is 2. The molecule has 0 saturated carbocycles. The predicted octanol–water partition coefficient (Wildman–Crippen LogP) is 1.30. The molecule has 2 heteroatoms. The van der Waals surface area contributed by atoms with Crippen LogP contribution in [0.4, 0.5) is 0 Å². The van der Waals surface area contributed by atoms with Gasteiger partial charge in [0.15, 0.2) is 0 Å². The van der Waals surface area contributed by atoms with Crippen molar-refractivity contribution in [1.29, 1.82) is 0 Å². The van der Waals surface area contributed by atoms with Gasteiger partial charge in [0.2, 0.25) is 0 Å². The molecule has 1 aliphatic rings. The molecule has 0 fully saturated rings. The molecule has 0 aromatic rings. The summed E-state index contributed by atoms with van der Waals surface area (Å²) in [6, 6.07) is 0. The fourth-order valence-electron chi connectivity index (χ4n) is 0.525. The molecule has 0 N–H and O–H groups in total. The first kappa shape index (κ1) is 5.19. The summed E-state index contributed by atoms with van der Waals surface area (Å²) in [5.41, 5.74) is 1.22. The molecule has 39 valence electrons. The van der Waals surface area contributed by atoms with Gasteiger partial charge in [0.1, 0.15) is 0 Å². The van der Waals surface area contributed by atoms with Crippen LogP contribution in [-0.4, -0.2) is 17.9 Å². The number of nitrogens with zero attached hydrogens (tertiary/aromatic N) is 1. The van der Waals surface area contributed by atoms with Crippen LogP contribution in [0.2, 0.25) is 0 Å². The number of rotatable bonds is 0. The maximum atomic E-state index is 3.79. The van der Waals surface area contributed by atoms with Crippen LogP contribution < -0.4 is 0 Å². The predicted molar refractivity (Wildman–Crippen MR) is 33.7 cm³/mol. The minimum atomic E-state index is 1.02. The number of likely N-dealkylation sites (N-methyl/N-ethyl adjacent to an activating group) is 1. The molecule has 0 bridgehead atoms. The molecule has 0 aliphatic carbocycles. The van der Waals surface area contributed by atoms with Crippen molar-refractivity contribution in [3.8, 4) is 0 Å². The second-order valence-electron chi connectivity index (χ2n) is 1.67. The van der Waals surface area contributed by atoms with Crippen molar-refractivity contribution in [2.24, 2.45) is 0 Å². The molecule has 0 amide bonds. The van der Waals surface area contributed by atoms with Crippen LogP contribution in [0.5, 0.6) is 0 Å². The van der Waals surface area contributed by atoms with E-state index in [9.17, 15) is 0 Å². The van der Waals surface area contributed by atoms with E-state index in [-0.39, 0.29) is 0 Å². The summed E-state index contributed by atoms with van der Waals surface area (Å²) in [4.78, 5) is 0.